The number of carbonyl (C=O) groups excluding carboxylic acids is 1. The van der Waals surface area contributed by atoms with Crippen LogP contribution in [0.1, 0.15) is 24.8 Å². The minimum atomic E-state index is -1.05. The Morgan fingerprint density at radius 3 is 2.71 bits per heavy atom. The Bertz CT molecular complexity index is 568. The fourth-order valence-electron chi connectivity index (χ4n) is 2.12. The summed E-state index contributed by atoms with van der Waals surface area (Å²) < 4.78 is 0. The molecule has 21 heavy (non-hydrogen) atoms. The first-order chi connectivity index (χ1) is 9.95. The monoisotopic (exact) mass is 292 g/mol. The van der Waals surface area contributed by atoms with Crippen LogP contribution in [0.25, 0.3) is 0 Å². The first kappa shape index (κ1) is 15.0. The summed E-state index contributed by atoms with van der Waals surface area (Å²) in [7, 11) is 0. The van der Waals surface area contributed by atoms with E-state index in [0.29, 0.717) is 17.9 Å². The van der Waals surface area contributed by atoms with Crippen molar-refractivity contribution in [3.63, 3.8) is 0 Å². The molecule has 0 bridgehead atoms. The molecule has 0 radical (unpaired) electrons. The number of hydrogen-bond acceptors (Lipinski definition) is 4. The number of carboxylic acid groups (broad SMARTS) is 1. The lowest BCUT2D eigenvalue weighted by atomic mass is 10.1. The predicted molar refractivity (Wildman–Crippen MR) is 73.7 cm³/mol. The first-order valence-corrected chi connectivity index (χ1v) is 6.71. The first-order valence-electron chi connectivity index (χ1n) is 6.71. The molecule has 2 N–H and O–H groups in total. The number of rotatable bonds is 7. The van der Waals surface area contributed by atoms with Gasteiger partial charge < -0.3 is 10.4 Å². The summed E-state index contributed by atoms with van der Waals surface area (Å²) in [6.07, 6.45) is 2.38. The molecule has 1 aliphatic rings. The van der Waals surface area contributed by atoms with E-state index in [1.807, 2.05) is 0 Å². The standard InChI is InChI=1S/C14H16N2O5/c17-13(15-12(14(18)19)7-9-4-5-9)8-10-2-1-3-11(6-10)16(20)21/h1-3,6,9,12H,4-5,7-8H2,(H,15,17)(H,18,19). The van der Waals surface area contributed by atoms with Gasteiger partial charge in [0.2, 0.25) is 5.91 Å². The Morgan fingerprint density at radius 2 is 2.14 bits per heavy atom. The lowest BCUT2D eigenvalue weighted by molar-refractivity contribution is -0.384. The van der Waals surface area contributed by atoms with E-state index >= 15 is 0 Å². The molecule has 1 saturated carbocycles. The summed E-state index contributed by atoms with van der Waals surface area (Å²) in [5.41, 5.74) is 0.394. The zero-order valence-corrected chi connectivity index (χ0v) is 11.3. The molecule has 7 nitrogen and oxygen atoms in total. The van der Waals surface area contributed by atoms with Crippen molar-refractivity contribution in [2.75, 3.05) is 0 Å². The number of nitrogens with one attached hydrogen (secondary N) is 1. The van der Waals surface area contributed by atoms with E-state index in [9.17, 15) is 19.7 Å². The molecule has 1 amide bonds. The molecular weight excluding hydrogens is 276 g/mol. The van der Waals surface area contributed by atoms with Gasteiger partial charge in [-0.05, 0) is 17.9 Å². The van der Waals surface area contributed by atoms with Crippen molar-refractivity contribution in [1.29, 1.82) is 0 Å². The van der Waals surface area contributed by atoms with E-state index in [1.54, 1.807) is 6.07 Å². The highest BCUT2D eigenvalue weighted by molar-refractivity contribution is 5.84. The van der Waals surface area contributed by atoms with Crippen LogP contribution in [0.15, 0.2) is 24.3 Å². The molecule has 1 aliphatic carbocycles. The van der Waals surface area contributed by atoms with Crippen molar-refractivity contribution in [2.45, 2.75) is 31.7 Å². The van der Waals surface area contributed by atoms with Gasteiger partial charge in [-0.25, -0.2) is 4.79 Å². The zero-order chi connectivity index (χ0) is 15.4. The largest absolute Gasteiger partial charge is 0.480 e. The van der Waals surface area contributed by atoms with E-state index in [-0.39, 0.29) is 12.1 Å². The van der Waals surface area contributed by atoms with Gasteiger partial charge in [-0.2, -0.15) is 0 Å². The summed E-state index contributed by atoms with van der Waals surface area (Å²) in [6.45, 7) is 0. The molecule has 0 spiro atoms. The van der Waals surface area contributed by atoms with Gasteiger partial charge in [0.15, 0.2) is 0 Å². The van der Waals surface area contributed by atoms with Crippen molar-refractivity contribution < 1.29 is 19.6 Å². The van der Waals surface area contributed by atoms with Gasteiger partial charge in [0.05, 0.1) is 11.3 Å². The molecule has 7 heteroatoms. The highest BCUT2D eigenvalue weighted by Gasteiger charge is 2.30. The number of hydrogen-bond donors (Lipinski definition) is 2. The molecule has 1 unspecified atom stereocenters. The van der Waals surface area contributed by atoms with Gasteiger partial charge in [0.1, 0.15) is 6.04 Å². The number of nitro benzene ring substituents is 1. The number of carbonyl (C=O) groups is 2. The number of carboxylic acids is 1. The number of nitro groups is 1. The molecule has 0 aliphatic heterocycles. The van der Waals surface area contributed by atoms with Gasteiger partial charge in [-0.15, -0.1) is 0 Å². The minimum Gasteiger partial charge on any atom is -0.480 e. The summed E-state index contributed by atoms with van der Waals surface area (Å²) in [4.78, 5) is 33.1. The Kier molecular flexibility index (Phi) is 4.52. The van der Waals surface area contributed by atoms with Crippen LogP contribution in [0, 0.1) is 16.0 Å². The average Bonchev–Trinajstić information content (AvgIpc) is 3.22. The minimum absolute atomic E-state index is 0.0733. The molecule has 0 heterocycles. The van der Waals surface area contributed by atoms with Crippen molar-refractivity contribution in [3.05, 3.63) is 39.9 Å². The number of benzene rings is 1. The van der Waals surface area contributed by atoms with Gasteiger partial charge in [-0.3, -0.25) is 14.9 Å². The quantitative estimate of drug-likeness (QED) is 0.584. The van der Waals surface area contributed by atoms with E-state index in [1.165, 1.54) is 18.2 Å². The lowest BCUT2D eigenvalue weighted by Crippen LogP contribution is -2.41. The molecule has 0 saturated heterocycles. The van der Waals surface area contributed by atoms with E-state index in [0.717, 1.165) is 12.8 Å². The molecule has 1 aromatic carbocycles. The third kappa shape index (κ3) is 4.55. The number of aliphatic carboxylic acids is 1. The second kappa shape index (κ2) is 6.34. The van der Waals surface area contributed by atoms with Crippen molar-refractivity contribution in [2.24, 2.45) is 5.92 Å². The second-order valence-electron chi connectivity index (χ2n) is 5.24. The second-order valence-corrected chi connectivity index (χ2v) is 5.24. The van der Waals surface area contributed by atoms with Crippen LogP contribution in [-0.4, -0.2) is 27.9 Å². The maximum Gasteiger partial charge on any atom is 0.326 e. The Balaban J connectivity index is 1.94. The zero-order valence-electron chi connectivity index (χ0n) is 11.3. The molecule has 112 valence electrons. The summed E-state index contributed by atoms with van der Waals surface area (Å²) in [5.74, 6) is -1.11. The molecule has 0 aromatic heterocycles. The lowest BCUT2D eigenvalue weighted by Gasteiger charge is -2.14. The number of amides is 1. The van der Waals surface area contributed by atoms with Crippen LogP contribution in [0.3, 0.4) is 0 Å². The Labute approximate surface area is 121 Å². The maximum absolute atomic E-state index is 11.9. The van der Waals surface area contributed by atoms with E-state index < -0.39 is 22.8 Å². The summed E-state index contributed by atoms with van der Waals surface area (Å²) >= 11 is 0. The molecule has 1 aromatic rings. The molecular formula is C14H16N2O5. The predicted octanol–water partition coefficient (Wildman–Crippen LogP) is 1.51. The van der Waals surface area contributed by atoms with Crippen LogP contribution in [0.2, 0.25) is 0 Å². The van der Waals surface area contributed by atoms with Gasteiger partial charge in [0, 0.05) is 12.1 Å². The molecule has 1 fully saturated rings. The Morgan fingerprint density at radius 1 is 1.43 bits per heavy atom. The van der Waals surface area contributed by atoms with Gasteiger partial charge in [-0.1, -0.05) is 25.0 Å². The fourth-order valence-corrected chi connectivity index (χ4v) is 2.12. The number of nitrogens with zero attached hydrogens (tertiary/aromatic N) is 1. The summed E-state index contributed by atoms with van der Waals surface area (Å²) in [5, 5.41) is 22.2. The van der Waals surface area contributed by atoms with Crippen LogP contribution in [-0.2, 0) is 16.0 Å². The molecule has 1 atom stereocenters. The third-order valence-electron chi connectivity index (χ3n) is 3.39. The smallest absolute Gasteiger partial charge is 0.326 e. The fraction of sp³-hybridized carbons (Fsp3) is 0.429. The normalized spacial score (nSPS) is 15.2. The van der Waals surface area contributed by atoms with Crippen LogP contribution < -0.4 is 5.32 Å². The van der Waals surface area contributed by atoms with Gasteiger partial charge >= 0.3 is 5.97 Å². The topological polar surface area (TPSA) is 110 Å². The van der Waals surface area contributed by atoms with E-state index in [4.69, 9.17) is 5.11 Å². The maximum atomic E-state index is 11.9. The van der Waals surface area contributed by atoms with E-state index in [2.05, 4.69) is 5.32 Å². The average molecular weight is 292 g/mol. The Hall–Kier alpha value is -2.44. The molecule has 2 rings (SSSR count). The van der Waals surface area contributed by atoms with Crippen molar-refractivity contribution in [3.8, 4) is 0 Å². The van der Waals surface area contributed by atoms with Crippen LogP contribution in [0.4, 0.5) is 5.69 Å². The van der Waals surface area contributed by atoms with Crippen LogP contribution in [0.5, 0.6) is 0 Å². The van der Waals surface area contributed by atoms with Gasteiger partial charge in [0.25, 0.3) is 5.69 Å². The van der Waals surface area contributed by atoms with Crippen molar-refractivity contribution in [1.82, 2.24) is 5.32 Å². The highest BCUT2D eigenvalue weighted by atomic mass is 16.6. The summed E-state index contributed by atoms with van der Waals surface area (Å²) in [6, 6.07) is 4.87. The third-order valence-corrected chi connectivity index (χ3v) is 3.39. The van der Waals surface area contributed by atoms with Crippen molar-refractivity contribution >= 4 is 17.6 Å². The van der Waals surface area contributed by atoms with Crippen LogP contribution >= 0.6 is 0 Å². The highest BCUT2D eigenvalue weighted by Crippen LogP contribution is 2.33. The SMILES string of the molecule is O=C(Cc1cccc([N+](=O)[O-])c1)NC(CC1CC1)C(=O)O. The number of non-ortho nitro benzene ring substituents is 1.